The fraction of sp³-hybridized carbons (Fsp3) is 0.481. The molecule has 3 aliphatic rings. The molecule has 2 unspecified atom stereocenters. The van der Waals surface area contributed by atoms with Crippen LogP contribution in [0.25, 0.3) is 11.1 Å². The lowest BCUT2D eigenvalue weighted by molar-refractivity contribution is -0.137. The molecule has 0 radical (unpaired) electrons. The van der Waals surface area contributed by atoms with Gasteiger partial charge in [-0.2, -0.15) is 0 Å². The number of Topliss-reactive ketones (excluding diaryl/α,β-unsaturated/α-hetero) is 1. The van der Waals surface area contributed by atoms with Crippen LogP contribution < -0.4 is 10.1 Å². The highest BCUT2D eigenvalue weighted by molar-refractivity contribution is 6.18. The Morgan fingerprint density at radius 1 is 1.29 bits per heavy atom. The van der Waals surface area contributed by atoms with Crippen molar-refractivity contribution in [3.8, 4) is 16.9 Å². The van der Waals surface area contributed by atoms with Crippen molar-refractivity contribution in [2.75, 3.05) is 39.7 Å². The number of fused-ring (bicyclic) bond motifs is 3. The molecule has 2 aromatic rings. The van der Waals surface area contributed by atoms with Gasteiger partial charge in [-0.15, -0.1) is 0 Å². The maximum absolute atomic E-state index is 14.2. The summed E-state index contributed by atoms with van der Waals surface area (Å²) in [5, 5.41) is 3.68. The molecule has 186 valence electrons. The standard InChI is InChI=1S/C27H32N2O6/c1-5-16-13-29-10-9-27(22(29)12-19(16)20(15-32-2)26(31)34-4)25(30)23-21(33-3)7-6-18(24(23)28-27)17-8-11-35-14-17/h6-8,11,14-16,19,22,28H,5,9-10,12-13H2,1-4H3/b20-15+/t16-,19+,22?,27?/m1/s1. The topological polar surface area (TPSA) is 90.2 Å². The van der Waals surface area contributed by atoms with Crippen LogP contribution in [0.2, 0.25) is 0 Å². The van der Waals surface area contributed by atoms with Gasteiger partial charge in [0.15, 0.2) is 5.78 Å². The number of furan rings is 1. The number of methoxy groups -OCH3 is 3. The first-order valence-electron chi connectivity index (χ1n) is 12.1. The number of anilines is 1. The van der Waals surface area contributed by atoms with E-state index in [9.17, 15) is 9.59 Å². The van der Waals surface area contributed by atoms with E-state index in [1.54, 1.807) is 26.7 Å². The minimum absolute atomic E-state index is 0.0474. The summed E-state index contributed by atoms with van der Waals surface area (Å²) in [7, 11) is 4.52. The van der Waals surface area contributed by atoms with Crippen molar-refractivity contribution < 1.29 is 28.2 Å². The summed E-state index contributed by atoms with van der Waals surface area (Å²) >= 11 is 0. The zero-order valence-corrected chi connectivity index (χ0v) is 20.6. The molecule has 1 aromatic carbocycles. The molecule has 0 saturated carbocycles. The molecular formula is C27H32N2O6. The van der Waals surface area contributed by atoms with E-state index in [1.807, 2.05) is 18.2 Å². The Balaban J connectivity index is 1.56. The van der Waals surface area contributed by atoms with Crippen molar-refractivity contribution in [1.29, 1.82) is 0 Å². The number of esters is 1. The van der Waals surface area contributed by atoms with Crippen molar-refractivity contribution in [2.45, 2.75) is 37.8 Å². The van der Waals surface area contributed by atoms with Crippen molar-refractivity contribution in [3.63, 3.8) is 0 Å². The first-order valence-corrected chi connectivity index (χ1v) is 12.1. The third kappa shape index (κ3) is 3.54. The van der Waals surface area contributed by atoms with Gasteiger partial charge in [-0.3, -0.25) is 9.69 Å². The molecule has 0 amide bonds. The van der Waals surface area contributed by atoms with Gasteiger partial charge in [0.2, 0.25) is 0 Å². The zero-order valence-electron chi connectivity index (χ0n) is 20.6. The van der Waals surface area contributed by atoms with Crippen molar-refractivity contribution in [1.82, 2.24) is 4.90 Å². The molecule has 5 rings (SSSR count). The van der Waals surface area contributed by atoms with Crippen LogP contribution in [0.3, 0.4) is 0 Å². The zero-order chi connectivity index (χ0) is 24.7. The molecule has 1 N–H and O–H groups in total. The van der Waals surface area contributed by atoms with E-state index in [4.69, 9.17) is 18.6 Å². The number of piperidine rings is 1. The van der Waals surface area contributed by atoms with Crippen LogP contribution in [-0.2, 0) is 14.3 Å². The number of hydrogen-bond acceptors (Lipinski definition) is 8. The summed E-state index contributed by atoms with van der Waals surface area (Å²) in [6, 6.07) is 5.62. The highest BCUT2D eigenvalue weighted by Gasteiger charge is 2.60. The monoisotopic (exact) mass is 480 g/mol. The average molecular weight is 481 g/mol. The van der Waals surface area contributed by atoms with E-state index in [2.05, 4.69) is 17.1 Å². The Hall–Kier alpha value is -3.26. The van der Waals surface area contributed by atoms with Crippen LogP contribution in [0.15, 0.2) is 47.0 Å². The van der Waals surface area contributed by atoms with E-state index in [0.29, 0.717) is 29.7 Å². The number of nitrogens with zero attached hydrogens (tertiary/aromatic N) is 1. The predicted octanol–water partition coefficient (Wildman–Crippen LogP) is 4.13. The van der Waals surface area contributed by atoms with Gasteiger partial charge in [-0.1, -0.05) is 13.3 Å². The van der Waals surface area contributed by atoms with Crippen LogP contribution in [0.1, 0.15) is 36.5 Å². The lowest BCUT2D eigenvalue weighted by Crippen LogP contribution is -2.57. The molecule has 4 atom stereocenters. The third-order valence-corrected chi connectivity index (χ3v) is 8.11. The summed E-state index contributed by atoms with van der Waals surface area (Å²) in [6.07, 6.45) is 7.07. The second-order valence-corrected chi connectivity index (χ2v) is 9.57. The van der Waals surface area contributed by atoms with E-state index >= 15 is 0 Å². The summed E-state index contributed by atoms with van der Waals surface area (Å²) < 4.78 is 21.3. The minimum Gasteiger partial charge on any atom is -0.504 e. The number of benzene rings is 1. The molecule has 1 spiro atoms. The van der Waals surface area contributed by atoms with Gasteiger partial charge in [0.1, 0.15) is 11.3 Å². The fourth-order valence-electron chi connectivity index (χ4n) is 6.39. The lowest BCUT2D eigenvalue weighted by atomic mass is 9.72. The second kappa shape index (κ2) is 9.07. The molecule has 2 fully saturated rings. The number of carbonyl (C=O) groups excluding carboxylic acids is 2. The maximum atomic E-state index is 14.2. The van der Waals surface area contributed by atoms with E-state index in [0.717, 1.165) is 36.3 Å². The first-order chi connectivity index (χ1) is 17.0. The van der Waals surface area contributed by atoms with E-state index in [1.165, 1.54) is 13.4 Å². The predicted molar refractivity (Wildman–Crippen MR) is 130 cm³/mol. The highest BCUT2D eigenvalue weighted by Crippen LogP contribution is 2.52. The summed E-state index contributed by atoms with van der Waals surface area (Å²) in [5.74, 6) is 0.419. The van der Waals surface area contributed by atoms with Gasteiger partial charge in [-0.05, 0) is 42.9 Å². The quantitative estimate of drug-likeness (QED) is 0.375. The number of ketones is 1. The molecule has 0 aliphatic carbocycles. The van der Waals surface area contributed by atoms with Gasteiger partial charge in [0.25, 0.3) is 0 Å². The van der Waals surface area contributed by atoms with Gasteiger partial charge in [-0.25, -0.2) is 4.79 Å². The SMILES string of the molecule is CC[C@@H]1CN2CCC3(Nc4c(-c5ccoc5)ccc(OC)c4C3=O)C2C[C@@H]1/C(=C\OC)C(=O)OC. The van der Waals surface area contributed by atoms with Gasteiger partial charge < -0.3 is 23.9 Å². The third-order valence-electron chi connectivity index (χ3n) is 8.11. The normalized spacial score (nSPS) is 27.9. The number of ether oxygens (including phenoxy) is 3. The molecule has 3 aliphatic heterocycles. The van der Waals surface area contributed by atoms with Crippen molar-refractivity contribution in [2.24, 2.45) is 11.8 Å². The fourth-order valence-corrected chi connectivity index (χ4v) is 6.39. The van der Waals surface area contributed by atoms with Crippen LogP contribution in [0.4, 0.5) is 5.69 Å². The first kappa shape index (κ1) is 23.5. The van der Waals surface area contributed by atoms with E-state index < -0.39 is 5.54 Å². The van der Waals surface area contributed by atoms with Gasteiger partial charge in [0.05, 0.1) is 56.9 Å². The molecule has 35 heavy (non-hydrogen) atoms. The smallest absolute Gasteiger partial charge is 0.337 e. The van der Waals surface area contributed by atoms with Crippen molar-refractivity contribution >= 4 is 17.4 Å². The largest absolute Gasteiger partial charge is 0.504 e. The highest BCUT2D eigenvalue weighted by atomic mass is 16.5. The van der Waals surface area contributed by atoms with Crippen LogP contribution >= 0.6 is 0 Å². The summed E-state index contributed by atoms with van der Waals surface area (Å²) in [4.78, 5) is 29.3. The van der Waals surface area contributed by atoms with Crippen LogP contribution in [0.5, 0.6) is 5.75 Å². The summed E-state index contributed by atoms with van der Waals surface area (Å²) in [5.41, 5.74) is 2.92. The average Bonchev–Trinajstić information content (AvgIpc) is 3.61. The Labute approximate surface area is 205 Å². The molecule has 2 saturated heterocycles. The lowest BCUT2D eigenvalue weighted by Gasteiger charge is -2.45. The molecule has 4 heterocycles. The number of rotatable bonds is 6. The minimum atomic E-state index is -0.791. The molecular weight excluding hydrogens is 448 g/mol. The number of hydrogen-bond donors (Lipinski definition) is 1. The molecule has 0 bridgehead atoms. The number of nitrogens with one attached hydrogen (secondary N) is 1. The van der Waals surface area contributed by atoms with Crippen LogP contribution in [0, 0.1) is 11.8 Å². The second-order valence-electron chi connectivity index (χ2n) is 9.57. The Kier molecular flexibility index (Phi) is 6.09. The summed E-state index contributed by atoms with van der Waals surface area (Å²) in [6.45, 7) is 3.76. The Bertz CT molecular complexity index is 1160. The van der Waals surface area contributed by atoms with E-state index in [-0.39, 0.29) is 29.6 Å². The van der Waals surface area contributed by atoms with Gasteiger partial charge in [0, 0.05) is 30.3 Å². The molecule has 8 nitrogen and oxygen atoms in total. The molecule has 1 aromatic heterocycles. The number of carbonyl (C=O) groups is 2. The Morgan fingerprint density at radius 3 is 2.77 bits per heavy atom. The molecule has 8 heteroatoms. The van der Waals surface area contributed by atoms with Crippen LogP contribution in [-0.4, -0.2) is 62.7 Å². The van der Waals surface area contributed by atoms with Gasteiger partial charge >= 0.3 is 5.97 Å². The van der Waals surface area contributed by atoms with Crippen molar-refractivity contribution in [3.05, 3.63) is 48.1 Å². The maximum Gasteiger partial charge on any atom is 0.337 e. The Morgan fingerprint density at radius 2 is 2.11 bits per heavy atom.